The van der Waals surface area contributed by atoms with Crippen molar-refractivity contribution >= 4 is 11.7 Å². The van der Waals surface area contributed by atoms with Gasteiger partial charge in [0.25, 0.3) is 0 Å². The summed E-state index contributed by atoms with van der Waals surface area (Å²) in [6.07, 6.45) is 6.36. The van der Waals surface area contributed by atoms with Crippen LogP contribution in [-0.4, -0.2) is 24.1 Å². The molecule has 0 bridgehead atoms. The van der Waals surface area contributed by atoms with Crippen LogP contribution in [0.1, 0.15) is 50.4 Å². The minimum atomic E-state index is 0.264. The van der Waals surface area contributed by atoms with Crippen LogP contribution in [0.3, 0.4) is 0 Å². The first-order valence-electron chi connectivity index (χ1n) is 7.35. The molecule has 0 aromatic carbocycles. The predicted molar refractivity (Wildman–Crippen MR) is 75.7 cm³/mol. The van der Waals surface area contributed by atoms with E-state index in [1.165, 1.54) is 32.1 Å². The van der Waals surface area contributed by atoms with Crippen molar-refractivity contribution < 1.29 is 4.42 Å². The van der Waals surface area contributed by atoms with Crippen LogP contribution in [-0.2, 0) is 0 Å². The smallest absolute Gasteiger partial charge is 0.208 e. The number of amidine groups is 1. The van der Waals surface area contributed by atoms with Crippen molar-refractivity contribution in [2.75, 3.05) is 11.6 Å². The molecule has 1 aromatic rings. The van der Waals surface area contributed by atoms with Gasteiger partial charge in [0, 0.05) is 11.6 Å². The molecular weight excluding hydrogens is 238 g/mol. The molecule has 0 radical (unpaired) electrons. The molecule has 4 nitrogen and oxygen atoms in total. The SMILES string of the molecule is Cc1cc2c(o1)N(C1CCC1)CN=C2NC1(C)CC1. The fourth-order valence-electron chi connectivity index (χ4n) is 2.87. The Bertz CT molecular complexity index is 538. The van der Waals surface area contributed by atoms with Gasteiger partial charge in [-0.25, -0.2) is 4.99 Å². The number of nitrogens with zero attached hydrogens (tertiary/aromatic N) is 2. The molecule has 1 aliphatic heterocycles. The Labute approximate surface area is 113 Å². The second-order valence-electron chi connectivity index (χ2n) is 6.46. The number of aliphatic imine (C=N–C) groups is 1. The molecule has 102 valence electrons. The fraction of sp³-hybridized carbons (Fsp3) is 0.667. The lowest BCUT2D eigenvalue weighted by molar-refractivity contribution is 0.365. The highest BCUT2D eigenvalue weighted by molar-refractivity contribution is 6.04. The molecule has 2 saturated carbocycles. The van der Waals surface area contributed by atoms with Gasteiger partial charge < -0.3 is 14.6 Å². The largest absolute Gasteiger partial charge is 0.445 e. The number of aryl methyl sites for hydroxylation is 1. The highest BCUT2D eigenvalue weighted by atomic mass is 16.4. The molecule has 19 heavy (non-hydrogen) atoms. The predicted octanol–water partition coefficient (Wildman–Crippen LogP) is 2.81. The fourth-order valence-corrected chi connectivity index (χ4v) is 2.87. The Morgan fingerprint density at radius 3 is 2.84 bits per heavy atom. The normalized spacial score (nSPS) is 24.5. The van der Waals surface area contributed by atoms with Crippen LogP contribution in [0.5, 0.6) is 0 Å². The number of rotatable bonds is 2. The molecule has 0 spiro atoms. The molecule has 0 saturated heterocycles. The van der Waals surface area contributed by atoms with Crippen LogP contribution < -0.4 is 10.2 Å². The van der Waals surface area contributed by atoms with Crippen LogP contribution in [0.25, 0.3) is 0 Å². The lowest BCUT2D eigenvalue weighted by Crippen LogP contribution is -2.45. The van der Waals surface area contributed by atoms with Gasteiger partial charge in [0.05, 0.1) is 5.56 Å². The van der Waals surface area contributed by atoms with E-state index < -0.39 is 0 Å². The monoisotopic (exact) mass is 259 g/mol. The summed E-state index contributed by atoms with van der Waals surface area (Å²) in [6.45, 7) is 5.03. The zero-order valence-corrected chi connectivity index (χ0v) is 11.7. The lowest BCUT2D eigenvalue weighted by Gasteiger charge is -2.38. The highest BCUT2D eigenvalue weighted by Gasteiger charge is 2.40. The first-order chi connectivity index (χ1) is 9.15. The van der Waals surface area contributed by atoms with Gasteiger partial charge in [-0.15, -0.1) is 0 Å². The third-order valence-corrected chi connectivity index (χ3v) is 4.67. The Hall–Kier alpha value is -1.45. The molecule has 4 heteroatoms. The van der Waals surface area contributed by atoms with Crippen molar-refractivity contribution in [3.8, 4) is 0 Å². The van der Waals surface area contributed by atoms with Crippen molar-refractivity contribution in [2.45, 2.75) is 57.5 Å². The molecule has 1 N–H and O–H groups in total. The maximum atomic E-state index is 5.95. The average Bonchev–Trinajstić information content (AvgIpc) is 2.87. The third kappa shape index (κ3) is 1.85. The molecule has 2 heterocycles. The van der Waals surface area contributed by atoms with Gasteiger partial charge in [-0.1, -0.05) is 0 Å². The zero-order chi connectivity index (χ0) is 13.0. The third-order valence-electron chi connectivity index (χ3n) is 4.67. The summed E-state index contributed by atoms with van der Waals surface area (Å²) < 4.78 is 5.95. The van der Waals surface area contributed by atoms with Crippen LogP contribution in [0.4, 0.5) is 5.88 Å². The molecule has 1 aromatic heterocycles. The number of furan rings is 1. The van der Waals surface area contributed by atoms with Crippen LogP contribution in [0, 0.1) is 6.92 Å². The van der Waals surface area contributed by atoms with Gasteiger partial charge in [-0.2, -0.15) is 0 Å². The number of hydrogen-bond donors (Lipinski definition) is 1. The Morgan fingerprint density at radius 1 is 1.42 bits per heavy atom. The summed E-state index contributed by atoms with van der Waals surface area (Å²) in [5, 5.41) is 3.60. The second kappa shape index (κ2) is 3.78. The van der Waals surface area contributed by atoms with Crippen LogP contribution in [0.2, 0.25) is 0 Å². The maximum Gasteiger partial charge on any atom is 0.208 e. The first-order valence-corrected chi connectivity index (χ1v) is 7.35. The van der Waals surface area contributed by atoms with Gasteiger partial charge >= 0.3 is 0 Å². The molecule has 2 aliphatic carbocycles. The Kier molecular flexibility index (Phi) is 2.26. The van der Waals surface area contributed by atoms with Crippen molar-refractivity contribution in [2.24, 2.45) is 4.99 Å². The van der Waals surface area contributed by atoms with E-state index in [0.717, 1.165) is 29.7 Å². The zero-order valence-electron chi connectivity index (χ0n) is 11.7. The molecular formula is C15H21N3O. The van der Waals surface area contributed by atoms with E-state index in [-0.39, 0.29) is 5.54 Å². The summed E-state index contributed by atoms with van der Waals surface area (Å²) in [7, 11) is 0. The van der Waals surface area contributed by atoms with Gasteiger partial charge in [0.15, 0.2) is 0 Å². The molecule has 0 atom stereocenters. The maximum absolute atomic E-state index is 5.95. The van der Waals surface area contributed by atoms with Gasteiger partial charge in [0.2, 0.25) is 5.88 Å². The van der Waals surface area contributed by atoms with Gasteiger partial charge in [0.1, 0.15) is 18.3 Å². The number of nitrogens with one attached hydrogen (secondary N) is 1. The minimum Gasteiger partial charge on any atom is -0.445 e. The van der Waals surface area contributed by atoms with Crippen molar-refractivity contribution in [3.05, 3.63) is 17.4 Å². The molecule has 3 aliphatic rings. The minimum absolute atomic E-state index is 0.264. The quantitative estimate of drug-likeness (QED) is 0.888. The number of fused-ring (bicyclic) bond motifs is 1. The van der Waals surface area contributed by atoms with Crippen molar-refractivity contribution in [1.82, 2.24) is 5.32 Å². The number of anilines is 1. The van der Waals surface area contributed by atoms with Crippen molar-refractivity contribution in [3.63, 3.8) is 0 Å². The molecule has 4 rings (SSSR count). The van der Waals surface area contributed by atoms with E-state index in [2.05, 4.69) is 23.2 Å². The van der Waals surface area contributed by atoms with Crippen LogP contribution >= 0.6 is 0 Å². The first kappa shape index (κ1) is 11.4. The van der Waals surface area contributed by atoms with Gasteiger partial charge in [-0.05, 0) is 52.0 Å². The molecule has 0 unspecified atom stereocenters. The summed E-state index contributed by atoms with van der Waals surface area (Å²) in [6, 6.07) is 2.75. The summed E-state index contributed by atoms with van der Waals surface area (Å²) in [5.74, 6) is 3.04. The Morgan fingerprint density at radius 2 is 2.21 bits per heavy atom. The van der Waals surface area contributed by atoms with E-state index in [9.17, 15) is 0 Å². The second-order valence-corrected chi connectivity index (χ2v) is 6.46. The summed E-state index contributed by atoms with van der Waals surface area (Å²) in [5.41, 5.74) is 1.42. The molecule has 2 fully saturated rings. The molecule has 0 amide bonds. The van der Waals surface area contributed by atoms with E-state index in [1.54, 1.807) is 0 Å². The van der Waals surface area contributed by atoms with E-state index in [4.69, 9.17) is 9.41 Å². The average molecular weight is 259 g/mol. The number of hydrogen-bond acceptors (Lipinski definition) is 4. The summed E-state index contributed by atoms with van der Waals surface area (Å²) >= 11 is 0. The summed E-state index contributed by atoms with van der Waals surface area (Å²) in [4.78, 5) is 7.10. The lowest BCUT2D eigenvalue weighted by atomic mass is 9.91. The van der Waals surface area contributed by atoms with Gasteiger partial charge in [-0.3, -0.25) is 0 Å². The Balaban J connectivity index is 1.66. The van der Waals surface area contributed by atoms with E-state index in [0.29, 0.717) is 6.04 Å². The van der Waals surface area contributed by atoms with Crippen LogP contribution in [0.15, 0.2) is 15.5 Å². The van der Waals surface area contributed by atoms with E-state index in [1.807, 2.05) is 6.92 Å². The van der Waals surface area contributed by atoms with Crippen molar-refractivity contribution in [1.29, 1.82) is 0 Å². The topological polar surface area (TPSA) is 40.8 Å². The van der Waals surface area contributed by atoms with E-state index >= 15 is 0 Å². The standard InChI is InChI=1S/C15H21N3O/c1-10-8-12-13(17-15(2)6-7-15)16-9-18(14(12)19-10)11-4-3-5-11/h8,11H,3-7,9H2,1-2H3,(H,16,17). The highest BCUT2D eigenvalue weighted by Crippen LogP contribution is 2.38.